The summed E-state index contributed by atoms with van der Waals surface area (Å²) in [5.74, 6) is -0.360. The monoisotopic (exact) mass is 626 g/mol. The van der Waals surface area contributed by atoms with Gasteiger partial charge in [0, 0.05) is 53.4 Å². The van der Waals surface area contributed by atoms with Gasteiger partial charge in [0.05, 0.1) is 29.5 Å². The third kappa shape index (κ3) is 5.22. The Kier molecular flexibility index (Phi) is 7.71. The van der Waals surface area contributed by atoms with Crippen LogP contribution in [0.25, 0.3) is 33.1 Å². The van der Waals surface area contributed by atoms with Gasteiger partial charge in [0.15, 0.2) is 5.65 Å². The number of aromatic nitrogens is 4. The Balaban J connectivity index is 1.33. The molecule has 3 aliphatic heterocycles. The van der Waals surface area contributed by atoms with E-state index in [0.29, 0.717) is 53.4 Å². The number of pyridine rings is 2. The Morgan fingerprint density at radius 1 is 1.18 bits per heavy atom. The number of rotatable bonds is 7. The fraction of sp³-hybridized carbons (Fsp3) is 0.394. The van der Waals surface area contributed by atoms with E-state index in [-0.39, 0.29) is 35.2 Å². The van der Waals surface area contributed by atoms with Crippen LogP contribution in [0.1, 0.15) is 32.1 Å². The van der Waals surface area contributed by atoms with E-state index in [9.17, 15) is 10.1 Å². The molecule has 6 heterocycles. The predicted octanol–water partition coefficient (Wildman–Crippen LogP) is 5.16. The highest BCUT2D eigenvalue weighted by atomic mass is 35.5. The van der Waals surface area contributed by atoms with Crippen LogP contribution in [-0.4, -0.2) is 86.6 Å². The molecule has 3 fully saturated rings. The highest BCUT2D eigenvalue weighted by Gasteiger charge is 2.45. The molecule has 0 N–H and O–H groups in total. The van der Waals surface area contributed by atoms with Crippen molar-refractivity contribution in [2.24, 2.45) is 0 Å². The van der Waals surface area contributed by atoms with Crippen LogP contribution < -0.4 is 9.64 Å². The number of carbonyl (C=O) groups excluding carboxylic acids is 1. The van der Waals surface area contributed by atoms with Crippen LogP contribution in [0, 0.1) is 17.1 Å². The van der Waals surface area contributed by atoms with Crippen LogP contribution >= 0.6 is 11.6 Å². The van der Waals surface area contributed by atoms with Crippen molar-refractivity contribution in [3.63, 3.8) is 0 Å². The standard InChI is InChI=1S/C33H32ClFN8O2/c1-2-27(44)43-15-14-41(19-22(43)8-11-36)31-23-16-26(35)29(24-18-37-17-21-6-3-7-25(34)28(21)24)38-30(23)39-32(40-31)45-20-33-9-4-12-42(33)13-5-10-33/h2-3,6-7,16-18,22H,1,4-5,8-10,12-15,19-20H2/t22-/m0/s1. The molecular weight excluding hydrogens is 595 g/mol. The first kappa shape index (κ1) is 29.3. The average Bonchev–Trinajstić information content (AvgIpc) is 3.64. The summed E-state index contributed by atoms with van der Waals surface area (Å²) in [6, 6.07) is 8.78. The first-order chi connectivity index (χ1) is 21.9. The van der Waals surface area contributed by atoms with Crippen LogP contribution in [-0.2, 0) is 4.79 Å². The number of carbonyl (C=O) groups is 1. The molecule has 0 unspecified atom stereocenters. The van der Waals surface area contributed by atoms with E-state index in [2.05, 4.69) is 22.5 Å². The molecule has 3 aliphatic rings. The smallest absolute Gasteiger partial charge is 0.320 e. The molecular formula is C33H32ClFN8O2. The van der Waals surface area contributed by atoms with E-state index in [4.69, 9.17) is 31.3 Å². The second kappa shape index (κ2) is 11.8. The number of hydrogen-bond donors (Lipinski definition) is 0. The fourth-order valence-corrected chi connectivity index (χ4v) is 7.54. The summed E-state index contributed by atoms with van der Waals surface area (Å²) in [7, 11) is 0. The highest BCUT2D eigenvalue weighted by Crippen LogP contribution is 2.40. The maximum Gasteiger partial charge on any atom is 0.320 e. The molecule has 10 nitrogen and oxygen atoms in total. The lowest BCUT2D eigenvalue weighted by molar-refractivity contribution is -0.128. The van der Waals surface area contributed by atoms with Crippen LogP contribution in [0.2, 0.25) is 5.02 Å². The normalized spacial score (nSPS) is 19.5. The molecule has 45 heavy (non-hydrogen) atoms. The number of halogens is 2. The van der Waals surface area contributed by atoms with Crippen molar-refractivity contribution in [1.82, 2.24) is 29.7 Å². The summed E-state index contributed by atoms with van der Waals surface area (Å²) in [5, 5.41) is 11.8. The highest BCUT2D eigenvalue weighted by molar-refractivity contribution is 6.36. The van der Waals surface area contributed by atoms with Crippen molar-refractivity contribution in [1.29, 1.82) is 5.26 Å². The van der Waals surface area contributed by atoms with Gasteiger partial charge in [-0.15, -0.1) is 0 Å². The molecule has 3 aromatic heterocycles. The van der Waals surface area contributed by atoms with Crippen LogP contribution in [0.5, 0.6) is 6.01 Å². The van der Waals surface area contributed by atoms with Gasteiger partial charge in [-0.05, 0) is 57.0 Å². The lowest BCUT2D eigenvalue weighted by Crippen LogP contribution is -2.55. The first-order valence-corrected chi connectivity index (χ1v) is 15.6. The number of piperazine rings is 1. The largest absolute Gasteiger partial charge is 0.461 e. The van der Waals surface area contributed by atoms with Gasteiger partial charge in [-0.3, -0.25) is 14.7 Å². The second-order valence-electron chi connectivity index (χ2n) is 11.9. The summed E-state index contributed by atoms with van der Waals surface area (Å²) in [6.45, 7) is 7.28. The topological polar surface area (TPSA) is 111 Å². The van der Waals surface area contributed by atoms with Gasteiger partial charge < -0.3 is 14.5 Å². The molecule has 1 atom stereocenters. The van der Waals surface area contributed by atoms with E-state index in [0.717, 1.165) is 44.2 Å². The summed E-state index contributed by atoms with van der Waals surface area (Å²) in [4.78, 5) is 37.2. The number of hydrogen-bond acceptors (Lipinski definition) is 9. The van der Waals surface area contributed by atoms with Crippen molar-refractivity contribution >= 4 is 45.1 Å². The van der Waals surface area contributed by atoms with Gasteiger partial charge >= 0.3 is 6.01 Å². The third-order valence-electron chi connectivity index (χ3n) is 9.44. The molecule has 3 saturated heterocycles. The van der Waals surface area contributed by atoms with Crippen molar-refractivity contribution in [3.8, 4) is 23.3 Å². The molecule has 4 aromatic rings. The number of amides is 1. The van der Waals surface area contributed by atoms with Gasteiger partial charge in [-0.1, -0.05) is 30.3 Å². The van der Waals surface area contributed by atoms with Crippen molar-refractivity contribution < 1.29 is 13.9 Å². The third-order valence-corrected chi connectivity index (χ3v) is 9.75. The van der Waals surface area contributed by atoms with Crippen molar-refractivity contribution in [2.45, 2.75) is 43.7 Å². The Hall–Kier alpha value is -4.40. The summed E-state index contributed by atoms with van der Waals surface area (Å²) >= 11 is 6.57. The lowest BCUT2D eigenvalue weighted by Gasteiger charge is -2.41. The molecule has 7 rings (SSSR count). The van der Waals surface area contributed by atoms with Gasteiger partial charge in [0.25, 0.3) is 0 Å². The van der Waals surface area contributed by atoms with E-state index < -0.39 is 11.9 Å². The Bertz CT molecular complexity index is 1850. The van der Waals surface area contributed by atoms with Gasteiger partial charge in [0.2, 0.25) is 5.91 Å². The molecule has 230 valence electrons. The SMILES string of the molecule is C=CC(=O)N1CCN(c2nc(OCC34CCCN3CCC4)nc3nc(-c4cncc5cccc(Cl)c45)c(F)cc23)C[C@@H]1CC#N. The van der Waals surface area contributed by atoms with E-state index in [1.165, 1.54) is 12.1 Å². The zero-order chi connectivity index (χ0) is 31.1. The van der Waals surface area contributed by atoms with Crippen LogP contribution in [0.4, 0.5) is 10.2 Å². The molecule has 0 bridgehead atoms. The van der Waals surface area contributed by atoms with Crippen molar-refractivity contribution in [3.05, 3.63) is 60.2 Å². The van der Waals surface area contributed by atoms with E-state index in [1.807, 2.05) is 17.0 Å². The number of anilines is 1. The van der Waals surface area contributed by atoms with E-state index >= 15 is 4.39 Å². The van der Waals surface area contributed by atoms with Crippen molar-refractivity contribution in [2.75, 3.05) is 44.2 Å². The number of nitriles is 1. The Morgan fingerprint density at radius 3 is 2.78 bits per heavy atom. The minimum absolute atomic E-state index is 0.0280. The van der Waals surface area contributed by atoms with Gasteiger partial charge in [-0.2, -0.15) is 15.2 Å². The predicted molar refractivity (Wildman–Crippen MR) is 169 cm³/mol. The Labute approximate surface area is 265 Å². The molecule has 0 aliphatic carbocycles. The zero-order valence-electron chi connectivity index (χ0n) is 24.8. The van der Waals surface area contributed by atoms with E-state index in [1.54, 1.807) is 23.4 Å². The summed E-state index contributed by atoms with van der Waals surface area (Å²) in [5.41, 5.74) is 0.769. The Morgan fingerprint density at radius 2 is 2.00 bits per heavy atom. The first-order valence-electron chi connectivity index (χ1n) is 15.2. The number of benzene rings is 1. The maximum absolute atomic E-state index is 16.1. The lowest BCUT2D eigenvalue weighted by atomic mass is 9.95. The van der Waals surface area contributed by atoms with Crippen LogP contribution in [0.15, 0.2) is 49.3 Å². The number of fused-ring (bicyclic) bond motifs is 3. The molecule has 1 aromatic carbocycles. The molecule has 0 radical (unpaired) electrons. The molecule has 1 amide bonds. The molecule has 0 spiro atoms. The van der Waals surface area contributed by atoms with Gasteiger partial charge in [0.1, 0.15) is 23.9 Å². The molecule has 0 saturated carbocycles. The quantitative estimate of drug-likeness (QED) is 0.257. The number of nitrogens with zero attached hydrogens (tertiary/aromatic N) is 8. The van der Waals surface area contributed by atoms with Gasteiger partial charge in [-0.25, -0.2) is 9.37 Å². The number of ether oxygens (including phenoxy) is 1. The minimum Gasteiger partial charge on any atom is -0.461 e. The molecule has 12 heteroatoms. The maximum atomic E-state index is 16.1. The summed E-state index contributed by atoms with van der Waals surface area (Å²) in [6.07, 6.45) is 9.01. The second-order valence-corrected chi connectivity index (χ2v) is 12.4. The zero-order valence-corrected chi connectivity index (χ0v) is 25.5. The fourth-order valence-electron chi connectivity index (χ4n) is 7.25. The van der Waals surface area contributed by atoms with Crippen LogP contribution in [0.3, 0.4) is 0 Å². The summed E-state index contributed by atoms with van der Waals surface area (Å²) < 4.78 is 22.4. The average molecular weight is 627 g/mol. The minimum atomic E-state index is -0.573.